The lowest BCUT2D eigenvalue weighted by Gasteiger charge is -2.34. The van der Waals surface area contributed by atoms with Crippen molar-refractivity contribution in [2.45, 2.75) is 70.9 Å². The number of hydrogen-bond acceptors (Lipinski definition) is 4. The van der Waals surface area contributed by atoms with Crippen molar-refractivity contribution < 1.29 is 18.7 Å². The number of methoxy groups -OCH3 is 2. The van der Waals surface area contributed by atoms with Crippen LogP contribution < -0.4 is 9.47 Å². The highest BCUT2D eigenvalue weighted by Gasteiger charge is 2.32. The number of hydrogen-bond donors (Lipinski definition) is 1. The van der Waals surface area contributed by atoms with E-state index in [4.69, 9.17) is 13.6 Å². The van der Waals surface area contributed by atoms with Crippen molar-refractivity contribution in [3.63, 3.8) is 0 Å². The number of rotatable bonds is 12. The molecular formula is C25H40O4Si2. The Morgan fingerprint density at radius 3 is 1.74 bits per heavy atom. The summed E-state index contributed by atoms with van der Waals surface area (Å²) in [6.07, 6.45) is 4.30. The van der Waals surface area contributed by atoms with Crippen LogP contribution in [0.25, 0.3) is 0 Å². The first-order valence-corrected chi connectivity index (χ1v) is 17.5. The average molecular weight is 461 g/mol. The molecule has 1 N–H and O–H groups in total. The van der Waals surface area contributed by atoms with Crippen LogP contribution in [0.3, 0.4) is 0 Å². The molecule has 0 atom stereocenters. The zero-order valence-electron chi connectivity index (χ0n) is 20.4. The molecule has 0 aliphatic carbocycles. The van der Waals surface area contributed by atoms with Crippen molar-refractivity contribution in [3.8, 4) is 17.2 Å². The zero-order valence-corrected chi connectivity index (χ0v) is 22.4. The molecule has 31 heavy (non-hydrogen) atoms. The second kappa shape index (κ2) is 11.2. The number of aromatic hydroxyl groups is 1. The number of phenols is 1. The molecule has 0 radical (unpaired) electrons. The molecule has 2 aromatic carbocycles. The minimum atomic E-state index is -1.72. The van der Waals surface area contributed by atoms with Crippen LogP contribution >= 0.6 is 0 Å². The summed E-state index contributed by atoms with van der Waals surface area (Å²) in [6.45, 7) is 11.5. The van der Waals surface area contributed by atoms with Crippen LogP contribution in [0.15, 0.2) is 36.4 Å². The Morgan fingerprint density at radius 2 is 1.23 bits per heavy atom. The Hall–Kier alpha value is -1.77. The summed E-state index contributed by atoms with van der Waals surface area (Å²) >= 11 is 0. The fourth-order valence-electron chi connectivity index (χ4n) is 4.18. The van der Waals surface area contributed by atoms with Gasteiger partial charge in [-0.2, -0.15) is 0 Å². The van der Waals surface area contributed by atoms with Crippen molar-refractivity contribution in [1.82, 2.24) is 0 Å². The van der Waals surface area contributed by atoms with Crippen molar-refractivity contribution in [1.29, 1.82) is 0 Å². The molecule has 0 aliphatic heterocycles. The monoisotopic (exact) mass is 460 g/mol. The Kier molecular flexibility index (Phi) is 9.21. The molecule has 6 heteroatoms. The largest absolute Gasteiger partial charge is 0.504 e. The van der Waals surface area contributed by atoms with Crippen LogP contribution in [-0.2, 0) is 17.0 Å². The van der Waals surface area contributed by atoms with Gasteiger partial charge in [0.05, 0.1) is 14.2 Å². The van der Waals surface area contributed by atoms with Crippen molar-refractivity contribution >= 4 is 16.6 Å². The third-order valence-electron chi connectivity index (χ3n) is 5.76. The molecule has 172 valence electrons. The SMILES string of the molecule is COc1cc(CCC[Si](C)(C)O[Si](C)(C)CCCc2ccc(O)c(OC)c2)ccc1C. The van der Waals surface area contributed by atoms with Crippen LogP contribution in [0, 0.1) is 6.92 Å². The van der Waals surface area contributed by atoms with E-state index in [9.17, 15) is 5.11 Å². The Bertz CT molecular complexity index is 780. The summed E-state index contributed by atoms with van der Waals surface area (Å²) in [6, 6.07) is 14.5. The first-order chi connectivity index (χ1) is 14.5. The molecule has 0 bridgehead atoms. The van der Waals surface area contributed by atoms with Gasteiger partial charge in [0.15, 0.2) is 28.1 Å². The second-order valence-electron chi connectivity index (χ2n) is 9.64. The Morgan fingerprint density at radius 1 is 0.742 bits per heavy atom. The molecule has 0 fully saturated rings. The minimum Gasteiger partial charge on any atom is -0.504 e. The lowest BCUT2D eigenvalue weighted by molar-refractivity contribution is 0.373. The molecule has 4 nitrogen and oxygen atoms in total. The van der Waals surface area contributed by atoms with Gasteiger partial charge < -0.3 is 18.7 Å². The van der Waals surface area contributed by atoms with E-state index in [1.807, 2.05) is 12.1 Å². The van der Waals surface area contributed by atoms with Gasteiger partial charge in [-0.1, -0.05) is 18.2 Å². The second-order valence-corrected chi connectivity index (χ2v) is 18.5. The highest BCUT2D eigenvalue weighted by Crippen LogP contribution is 2.29. The van der Waals surface area contributed by atoms with Gasteiger partial charge in [0.2, 0.25) is 0 Å². The third kappa shape index (κ3) is 8.35. The van der Waals surface area contributed by atoms with E-state index in [0.717, 1.165) is 37.5 Å². The maximum absolute atomic E-state index is 9.76. The van der Waals surface area contributed by atoms with Crippen LogP contribution in [0.1, 0.15) is 29.5 Å². The summed E-state index contributed by atoms with van der Waals surface area (Å²) in [5.74, 6) is 1.72. The minimum absolute atomic E-state index is 0.195. The highest BCUT2D eigenvalue weighted by atomic mass is 28.4. The highest BCUT2D eigenvalue weighted by molar-refractivity contribution is 6.84. The quantitative estimate of drug-likeness (QED) is 0.358. The van der Waals surface area contributed by atoms with Gasteiger partial charge in [-0.15, -0.1) is 0 Å². The summed E-state index contributed by atoms with van der Waals surface area (Å²) < 4.78 is 17.5. The van der Waals surface area contributed by atoms with Crippen molar-refractivity contribution in [2.24, 2.45) is 0 Å². The molecule has 0 unspecified atom stereocenters. The van der Waals surface area contributed by atoms with Crippen molar-refractivity contribution in [2.75, 3.05) is 14.2 Å². The van der Waals surface area contributed by atoms with E-state index < -0.39 is 16.6 Å². The van der Waals surface area contributed by atoms with Gasteiger partial charge in [-0.05, 0) is 106 Å². The summed E-state index contributed by atoms with van der Waals surface area (Å²) in [5.41, 5.74) is 3.72. The van der Waals surface area contributed by atoms with Gasteiger partial charge in [0, 0.05) is 0 Å². The van der Waals surface area contributed by atoms with Crippen molar-refractivity contribution in [3.05, 3.63) is 53.1 Å². The summed E-state index contributed by atoms with van der Waals surface area (Å²) in [7, 11) is -0.0902. The third-order valence-corrected chi connectivity index (χ3v) is 13.3. The number of phenolic OH excluding ortho intramolecular Hbond substituents is 1. The molecule has 0 aliphatic rings. The molecule has 0 saturated heterocycles. The molecule has 0 saturated carbocycles. The summed E-state index contributed by atoms with van der Waals surface area (Å²) in [4.78, 5) is 0. The van der Waals surface area contributed by atoms with Gasteiger partial charge in [0.25, 0.3) is 0 Å². The predicted molar refractivity (Wildman–Crippen MR) is 135 cm³/mol. The molecule has 0 amide bonds. The molecule has 0 heterocycles. The van der Waals surface area contributed by atoms with E-state index in [1.165, 1.54) is 22.7 Å². The maximum atomic E-state index is 9.76. The molecule has 2 rings (SSSR count). The fraction of sp³-hybridized carbons (Fsp3) is 0.520. The zero-order chi connectivity index (χ0) is 23.1. The van der Waals surface area contributed by atoms with Crippen LogP contribution in [-0.4, -0.2) is 36.0 Å². The van der Waals surface area contributed by atoms with Crippen LogP contribution in [0.4, 0.5) is 0 Å². The lowest BCUT2D eigenvalue weighted by atomic mass is 10.1. The smallest absolute Gasteiger partial charge is 0.173 e. The number of benzene rings is 2. The number of aryl methyl sites for hydroxylation is 3. The molecule has 2 aromatic rings. The van der Waals surface area contributed by atoms with E-state index in [1.54, 1.807) is 20.3 Å². The van der Waals surface area contributed by atoms with Gasteiger partial charge in [-0.3, -0.25) is 0 Å². The standard InChI is InChI=1S/C25H40O4Si2/c1-20-12-13-21(18-24(20)27-2)10-8-16-30(4,5)29-31(6,7)17-9-11-22-14-15-23(26)25(19-22)28-3/h12-15,18-19,26H,8-11,16-17H2,1-7H3. The molecular weight excluding hydrogens is 420 g/mol. The van der Waals surface area contributed by atoms with E-state index in [2.05, 4.69) is 51.3 Å². The molecule has 0 spiro atoms. The Labute approximate surface area is 190 Å². The topological polar surface area (TPSA) is 47.9 Å². The predicted octanol–water partition coefficient (Wildman–Crippen LogP) is 6.71. The van der Waals surface area contributed by atoms with Crippen LogP contribution in [0.5, 0.6) is 17.2 Å². The first kappa shape index (κ1) is 25.5. The van der Waals surface area contributed by atoms with Gasteiger partial charge in [0.1, 0.15) is 5.75 Å². The average Bonchev–Trinajstić information content (AvgIpc) is 2.69. The normalized spacial score (nSPS) is 12.1. The van der Waals surface area contributed by atoms with Gasteiger partial charge >= 0.3 is 0 Å². The van der Waals surface area contributed by atoms with Gasteiger partial charge in [-0.25, -0.2) is 0 Å². The van der Waals surface area contributed by atoms with Crippen LogP contribution in [0.2, 0.25) is 38.3 Å². The maximum Gasteiger partial charge on any atom is 0.173 e. The number of ether oxygens (including phenoxy) is 2. The first-order valence-electron chi connectivity index (χ1n) is 11.2. The van der Waals surface area contributed by atoms with E-state index in [0.29, 0.717) is 5.75 Å². The van der Waals surface area contributed by atoms with E-state index >= 15 is 0 Å². The lowest BCUT2D eigenvalue weighted by Crippen LogP contribution is -2.44. The Balaban J connectivity index is 1.81. The van der Waals surface area contributed by atoms with E-state index in [-0.39, 0.29) is 5.75 Å². The fourth-order valence-corrected chi connectivity index (χ4v) is 13.0. The summed E-state index contributed by atoms with van der Waals surface area (Å²) in [5, 5.41) is 9.76. The molecule has 0 aromatic heterocycles.